The van der Waals surface area contributed by atoms with Crippen molar-refractivity contribution in [2.45, 2.75) is 46.2 Å². The Bertz CT molecular complexity index is 1990. The summed E-state index contributed by atoms with van der Waals surface area (Å²) in [5.74, 6) is -0.166. The van der Waals surface area contributed by atoms with Gasteiger partial charge in [-0.25, -0.2) is 8.96 Å². The third-order valence-corrected chi connectivity index (χ3v) is 12.6. The average molecular weight is 573 g/mol. The van der Waals surface area contributed by atoms with Crippen LogP contribution in [-0.2, 0) is 7.05 Å². The average Bonchev–Trinajstić information content (AvgIpc) is 2.91. The molecule has 0 aliphatic carbocycles. The van der Waals surface area contributed by atoms with Crippen molar-refractivity contribution in [3.05, 3.63) is 103 Å². The van der Waals surface area contributed by atoms with E-state index in [-0.39, 0.29) is 5.82 Å². The monoisotopic (exact) mass is 572 g/mol. The highest BCUT2D eigenvalue weighted by atomic mass is 28.3. The molecule has 4 heteroatoms. The first-order valence-electron chi connectivity index (χ1n) is 14.5. The van der Waals surface area contributed by atoms with Crippen molar-refractivity contribution in [3.63, 3.8) is 0 Å². The van der Waals surface area contributed by atoms with Gasteiger partial charge >= 0.3 is 0 Å². The van der Waals surface area contributed by atoms with Crippen LogP contribution in [-0.4, -0.2) is 16.1 Å². The molecule has 1 heterocycles. The van der Waals surface area contributed by atoms with Gasteiger partial charge in [0.25, 0.3) is 0 Å². The van der Waals surface area contributed by atoms with Crippen molar-refractivity contribution in [2.75, 3.05) is 0 Å². The Balaban J connectivity index is 1.64. The fourth-order valence-corrected chi connectivity index (χ4v) is 9.56. The summed E-state index contributed by atoms with van der Waals surface area (Å²) in [6, 6.07) is 30.2. The van der Waals surface area contributed by atoms with Crippen LogP contribution in [0.3, 0.4) is 0 Å². The number of aromatic nitrogens is 1. The van der Waals surface area contributed by atoms with Crippen molar-refractivity contribution >= 4 is 58.8 Å². The molecule has 0 aliphatic rings. The largest absolute Gasteiger partial charge is 0.213 e. The van der Waals surface area contributed by atoms with Gasteiger partial charge in [-0.05, 0) is 80.2 Å². The number of halogens is 1. The topological polar surface area (TPSA) is 3.88 Å². The summed E-state index contributed by atoms with van der Waals surface area (Å²) in [5, 5.41) is 10.1. The quantitative estimate of drug-likeness (QED) is 0.113. The van der Waals surface area contributed by atoms with Crippen LogP contribution in [0.15, 0.2) is 91.1 Å². The van der Waals surface area contributed by atoms with Crippen molar-refractivity contribution in [1.29, 1.82) is 0 Å². The van der Waals surface area contributed by atoms with E-state index in [0.717, 1.165) is 10.8 Å². The normalized spacial score (nSPS) is 12.5. The maximum atomic E-state index is 14.4. The van der Waals surface area contributed by atoms with Crippen LogP contribution in [0.1, 0.15) is 5.56 Å². The third kappa shape index (κ3) is 4.83. The zero-order valence-corrected chi connectivity index (χ0v) is 27.5. The van der Waals surface area contributed by atoms with Crippen molar-refractivity contribution in [1.82, 2.24) is 0 Å². The minimum absolute atomic E-state index is 0.166. The molecule has 0 N–H and O–H groups in total. The van der Waals surface area contributed by atoms with Crippen LogP contribution < -0.4 is 14.9 Å². The number of hydrogen-bond acceptors (Lipinski definition) is 0. The fraction of sp³-hybridized carbons (Fsp3) is 0.216. The Hall–Kier alpha value is -3.61. The summed E-state index contributed by atoms with van der Waals surface area (Å²) < 4.78 is 16.8. The SMILES string of the molecule is Cc1c(-c2cc(-c3ccc4c(ccc5ccccc54)c3)c([Si](C)(C)C)c[n+]2C)cc([Si](C)(C)C)c2cc(F)ccc12. The molecular weight excluding hydrogens is 534 g/mol. The highest BCUT2D eigenvalue weighted by Crippen LogP contribution is 2.34. The van der Waals surface area contributed by atoms with E-state index in [0.29, 0.717) is 0 Å². The van der Waals surface area contributed by atoms with Gasteiger partial charge < -0.3 is 0 Å². The summed E-state index contributed by atoms with van der Waals surface area (Å²) in [5.41, 5.74) is 6.22. The van der Waals surface area contributed by atoms with E-state index < -0.39 is 16.1 Å². The second kappa shape index (κ2) is 9.75. The summed E-state index contributed by atoms with van der Waals surface area (Å²) in [4.78, 5) is 0. The lowest BCUT2D eigenvalue weighted by Crippen LogP contribution is -2.46. The van der Waals surface area contributed by atoms with Crippen LogP contribution in [0.5, 0.6) is 0 Å². The molecule has 6 aromatic rings. The van der Waals surface area contributed by atoms with Crippen molar-refractivity contribution in [3.8, 4) is 22.4 Å². The number of hydrogen-bond donors (Lipinski definition) is 0. The molecule has 0 radical (unpaired) electrons. The van der Waals surface area contributed by atoms with E-state index in [9.17, 15) is 4.39 Å². The highest BCUT2D eigenvalue weighted by molar-refractivity contribution is 6.90. The summed E-state index contributed by atoms with van der Waals surface area (Å²) in [6.45, 7) is 16.5. The zero-order chi connectivity index (χ0) is 29.3. The number of fused-ring (bicyclic) bond motifs is 4. The Labute approximate surface area is 245 Å². The van der Waals surface area contributed by atoms with Crippen LogP contribution in [0.4, 0.5) is 4.39 Å². The summed E-state index contributed by atoms with van der Waals surface area (Å²) >= 11 is 0. The van der Waals surface area contributed by atoms with Gasteiger partial charge in [0.15, 0.2) is 6.20 Å². The second-order valence-corrected chi connectivity index (χ2v) is 23.7. The maximum Gasteiger partial charge on any atom is 0.213 e. The number of benzene rings is 5. The second-order valence-electron chi connectivity index (χ2n) is 13.6. The molecule has 0 spiro atoms. The molecule has 0 aliphatic heterocycles. The smallest absolute Gasteiger partial charge is 0.207 e. The molecule has 0 amide bonds. The van der Waals surface area contributed by atoms with Gasteiger partial charge in [-0.2, -0.15) is 0 Å². The molecule has 0 unspecified atom stereocenters. The summed E-state index contributed by atoms with van der Waals surface area (Å²) in [7, 11) is -1.27. The zero-order valence-electron chi connectivity index (χ0n) is 25.5. The van der Waals surface area contributed by atoms with Gasteiger partial charge in [-0.3, -0.25) is 0 Å². The maximum absolute atomic E-state index is 14.4. The number of rotatable bonds is 4. The standard InChI is InChI=1S/C37H39FNSi2/c1-24-29-18-16-28(38)20-34(29)36(40(3,4)5)22-32(24)35-21-33(37(23-39(35)2)41(6,7)8)27-15-17-31-26(19-27)14-13-25-11-9-10-12-30(25)31/h9-23H,1-8H3/q+1. The van der Waals surface area contributed by atoms with Gasteiger partial charge in [0.05, 0.1) is 16.1 Å². The van der Waals surface area contributed by atoms with Gasteiger partial charge in [0.2, 0.25) is 5.69 Å². The highest BCUT2D eigenvalue weighted by Gasteiger charge is 2.29. The molecule has 0 saturated carbocycles. The van der Waals surface area contributed by atoms with E-state index in [2.05, 4.69) is 131 Å². The van der Waals surface area contributed by atoms with Gasteiger partial charge in [-0.15, -0.1) is 0 Å². The lowest BCUT2D eigenvalue weighted by molar-refractivity contribution is -0.659. The van der Waals surface area contributed by atoms with Gasteiger partial charge in [0.1, 0.15) is 12.9 Å². The van der Waals surface area contributed by atoms with E-state index in [1.807, 2.05) is 6.07 Å². The first kappa shape index (κ1) is 27.6. The molecule has 0 fully saturated rings. The number of nitrogens with zero attached hydrogens (tertiary/aromatic N) is 1. The summed E-state index contributed by atoms with van der Waals surface area (Å²) in [6.07, 6.45) is 2.38. The Kier molecular flexibility index (Phi) is 6.55. The lowest BCUT2D eigenvalue weighted by atomic mass is 9.94. The molecule has 0 bridgehead atoms. The Morgan fingerprint density at radius 1 is 0.585 bits per heavy atom. The van der Waals surface area contributed by atoms with Crippen molar-refractivity contribution in [2.24, 2.45) is 7.05 Å². The Morgan fingerprint density at radius 2 is 1.24 bits per heavy atom. The van der Waals surface area contributed by atoms with Crippen LogP contribution >= 0.6 is 0 Å². The predicted molar refractivity (Wildman–Crippen MR) is 182 cm³/mol. The molecule has 5 aromatic carbocycles. The minimum atomic E-state index is -1.77. The number of aryl methyl sites for hydroxylation is 2. The van der Waals surface area contributed by atoms with Crippen LogP contribution in [0.25, 0.3) is 54.7 Å². The van der Waals surface area contributed by atoms with E-state index >= 15 is 0 Å². The predicted octanol–water partition coefficient (Wildman–Crippen LogP) is 8.84. The van der Waals surface area contributed by atoms with E-state index in [1.165, 1.54) is 59.9 Å². The molecule has 206 valence electrons. The number of pyridine rings is 1. The first-order chi connectivity index (χ1) is 19.3. The van der Waals surface area contributed by atoms with Gasteiger partial charge in [-0.1, -0.05) is 99.1 Å². The molecular formula is C37H39FNSi2+. The van der Waals surface area contributed by atoms with E-state index in [1.54, 1.807) is 12.1 Å². The van der Waals surface area contributed by atoms with Crippen molar-refractivity contribution < 1.29 is 8.96 Å². The van der Waals surface area contributed by atoms with Crippen LogP contribution in [0.2, 0.25) is 39.3 Å². The molecule has 41 heavy (non-hydrogen) atoms. The first-order valence-corrected chi connectivity index (χ1v) is 21.5. The van der Waals surface area contributed by atoms with Crippen LogP contribution in [0, 0.1) is 12.7 Å². The fourth-order valence-electron chi connectivity index (χ4n) is 6.36. The molecule has 1 aromatic heterocycles. The van der Waals surface area contributed by atoms with E-state index in [4.69, 9.17) is 0 Å². The Morgan fingerprint density at radius 3 is 1.98 bits per heavy atom. The molecule has 1 nitrogen and oxygen atoms in total. The minimum Gasteiger partial charge on any atom is -0.207 e. The molecule has 6 rings (SSSR count). The molecule has 0 atom stereocenters. The lowest BCUT2D eigenvalue weighted by Gasteiger charge is -2.24. The van der Waals surface area contributed by atoms with Gasteiger partial charge in [0, 0.05) is 16.8 Å². The molecule has 0 saturated heterocycles. The third-order valence-electron chi connectivity index (χ3n) is 8.59.